The second-order valence-electron chi connectivity index (χ2n) is 5.00. The van der Waals surface area contributed by atoms with E-state index < -0.39 is 5.97 Å². The Balaban J connectivity index is 2.05. The highest BCUT2D eigenvalue weighted by Gasteiger charge is 2.29. The first-order valence-corrected chi connectivity index (χ1v) is 6.96. The number of hydrogen-bond acceptors (Lipinski definition) is 3. The molecular formula is C15H22N2O2. The van der Waals surface area contributed by atoms with Crippen molar-refractivity contribution in [1.82, 2.24) is 5.32 Å². The van der Waals surface area contributed by atoms with Gasteiger partial charge in [-0.05, 0) is 38.0 Å². The summed E-state index contributed by atoms with van der Waals surface area (Å²) >= 11 is 0. The number of anilines is 1. The summed E-state index contributed by atoms with van der Waals surface area (Å²) in [5.74, 6) is -0.956. The molecule has 0 bridgehead atoms. The van der Waals surface area contributed by atoms with Gasteiger partial charge in [-0.3, -0.25) is 4.79 Å². The van der Waals surface area contributed by atoms with Crippen molar-refractivity contribution in [3.05, 3.63) is 29.8 Å². The summed E-state index contributed by atoms with van der Waals surface area (Å²) in [5, 5.41) is 12.3. The van der Waals surface area contributed by atoms with Crippen LogP contribution in [0.2, 0.25) is 0 Å². The number of rotatable bonds is 5. The van der Waals surface area contributed by atoms with Crippen molar-refractivity contribution in [2.45, 2.75) is 26.3 Å². The summed E-state index contributed by atoms with van der Waals surface area (Å²) < 4.78 is 0. The topological polar surface area (TPSA) is 52.6 Å². The molecule has 2 atom stereocenters. The van der Waals surface area contributed by atoms with Crippen LogP contribution >= 0.6 is 0 Å². The molecule has 1 aliphatic heterocycles. The lowest BCUT2D eigenvalue weighted by molar-refractivity contribution is -0.141. The predicted octanol–water partition coefficient (Wildman–Crippen LogP) is 2.27. The van der Waals surface area contributed by atoms with Gasteiger partial charge in [0.2, 0.25) is 0 Å². The van der Waals surface area contributed by atoms with E-state index in [1.807, 2.05) is 0 Å². The summed E-state index contributed by atoms with van der Waals surface area (Å²) in [7, 11) is 0. The van der Waals surface area contributed by atoms with Gasteiger partial charge in [0.1, 0.15) is 0 Å². The van der Waals surface area contributed by atoms with Gasteiger partial charge < -0.3 is 15.3 Å². The van der Waals surface area contributed by atoms with Gasteiger partial charge >= 0.3 is 5.97 Å². The van der Waals surface area contributed by atoms with Crippen LogP contribution in [0.4, 0.5) is 5.69 Å². The molecule has 0 radical (unpaired) electrons. The first-order chi connectivity index (χ1) is 9.15. The zero-order valence-electron chi connectivity index (χ0n) is 11.6. The van der Waals surface area contributed by atoms with Gasteiger partial charge in [-0.15, -0.1) is 0 Å². The SMILES string of the molecule is CCN(CC)c1ccc(C2CC(C(=O)O)CN2)cc1. The molecule has 0 spiro atoms. The number of carbonyl (C=O) groups is 1. The van der Waals surface area contributed by atoms with Gasteiger partial charge in [0.25, 0.3) is 0 Å². The summed E-state index contributed by atoms with van der Waals surface area (Å²) in [6.07, 6.45) is 0.681. The second kappa shape index (κ2) is 6.06. The molecule has 2 unspecified atom stereocenters. The summed E-state index contributed by atoms with van der Waals surface area (Å²) in [6.45, 7) is 6.86. The molecule has 1 aliphatic rings. The van der Waals surface area contributed by atoms with E-state index in [9.17, 15) is 4.79 Å². The quantitative estimate of drug-likeness (QED) is 0.854. The van der Waals surface area contributed by atoms with E-state index in [0.29, 0.717) is 13.0 Å². The lowest BCUT2D eigenvalue weighted by Gasteiger charge is -2.21. The number of benzene rings is 1. The third-order valence-corrected chi connectivity index (χ3v) is 3.90. The lowest BCUT2D eigenvalue weighted by atomic mass is 10.00. The number of nitrogens with one attached hydrogen (secondary N) is 1. The molecular weight excluding hydrogens is 240 g/mol. The molecule has 0 amide bonds. The van der Waals surface area contributed by atoms with Crippen molar-refractivity contribution in [2.75, 3.05) is 24.5 Å². The predicted molar refractivity (Wildman–Crippen MR) is 76.5 cm³/mol. The van der Waals surface area contributed by atoms with Crippen LogP contribution in [-0.2, 0) is 4.79 Å². The Morgan fingerprint density at radius 2 is 1.95 bits per heavy atom. The minimum Gasteiger partial charge on any atom is -0.481 e. The molecule has 104 valence electrons. The van der Waals surface area contributed by atoms with Crippen LogP contribution < -0.4 is 10.2 Å². The van der Waals surface area contributed by atoms with E-state index in [1.165, 1.54) is 11.3 Å². The molecule has 4 nitrogen and oxygen atoms in total. The molecule has 1 heterocycles. The summed E-state index contributed by atoms with van der Waals surface area (Å²) in [4.78, 5) is 13.3. The highest BCUT2D eigenvalue weighted by atomic mass is 16.4. The highest BCUT2D eigenvalue weighted by Crippen LogP contribution is 2.28. The number of aliphatic carboxylic acids is 1. The number of carboxylic acids is 1. The number of carboxylic acid groups (broad SMARTS) is 1. The Bertz CT molecular complexity index is 426. The molecule has 1 aromatic carbocycles. The average Bonchev–Trinajstić information content (AvgIpc) is 2.91. The van der Waals surface area contributed by atoms with Gasteiger partial charge in [-0.1, -0.05) is 12.1 Å². The molecule has 1 saturated heterocycles. The molecule has 1 fully saturated rings. The highest BCUT2D eigenvalue weighted by molar-refractivity contribution is 5.70. The maximum atomic E-state index is 11.0. The minimum atomic E-state index is -0.699. The normalized spacial score (nSPS) is 22.4. The molecule has 2 rings (SSSR count). The molecule has 0 aliphatic carbocycles. The van der Waals surface area contributed by atoms with E-state index >= 15 is 0 Å². The monoisotopic (exact) mass is 262 g/mol. The number of nitrogens with zero attached hydrogens (tertiary/aromatic N) is 1. The largest absolute Gasteiger partial charge is 0.481 e. The van der Waals surface area contributed by atoms with Gasteiger partial charge in [-0.25, -0.2) is 0 Å². The van der Waals surface area contributed by atoms with Crippen molar-refractivity contribution in [3.63, 3.8) is 0 Å². The van der Waals surface area contributed by atoms with Crippen LogP contribution in [0.1, 0.15) is 31.9 Å². The van der Waals surface area contributed by atoms with E-state index in [0.717, 1.165) is 13.1 Å². The standard InChI is InChI=1S/C15H22N2O2/c1-3-17(4-2)13-7-5-11(6-8-13)14-9-12(10-16-14)15(18)19/h5-8,12,14,16H,3-4,9-10H2,1-2H3,(H,18,19). The zero-order valence-corrected chi connectivity index (χ0v) is 11.6. The smallest absolute Gasteiger partial charge is 0.307 e. The van der Waals surface area contributed by atoms with E-state index in [1.54, 1.807) is 0 Å². The summed E-state index contributed by atoms with van der Waals surface area (Å²) in [6, 6.07) is 8.63. The van der Waals surface area contributed by atoms with Crippen molar-refractivity contribution in [2.24, 2.45) is 5.92 Å². The summed E-state index contributed by atoms with van der Waals surface area (Å²) in [5.41, 5.74) is 2.40. The average molecular weight is 262 g/mol. The van der Waals surface area contributed by atoms with Gasteiger partial charge in [0.05, 0.1) is 5.92 Å². The molecule has 1 aromatic rings. The van der Waals surface area contributed by atoms with E-state index in [4.69, 9.17) is 5.11 Å². The lowest BCUT2D eigenvalue weighted by Crippen LogP contribution is -2.21. The fraction of sp³-hybridized carbons (Fsp3) is 0.533. The molecule has 0 saturated carbocycles. The van der Waals surface area contributed by atoms with Gasteiger partial charge in [0.15, 0.2) is 0 Å². The molecule has 0 aromatic heterocycles. The Morgan fingerprint density at radius 3 is 2.42 bits per heavy atom. The van der Waals surface area contributed by atoms with Crippen LogP contribution in [0.3, 0.4) is 0 Å². The molecule has 2 N–H and O–H groups in total. The Kier molecular flexibility index (Phi) is 4.43. The third-order valence-electron chi connectivity index (χ3n) is 3.90. The fourth-order valence-electron chi connectivity index (χ4n) is 2.68. The number of hydrogen-bond donors (Lipinski definition) is 2. The molecule has 19 heavy (non-hydrogen) atoms. The fourth-order valence-corrected chi connectivity index (χ4v) is 2.68. The Morgan fingerprint density at radius 1 is 1.32 bits per heavy atom. The van der Waals surface area contributed by atoms with Crippen LogP contribution in [0.25, 0.3) is 0 Å². The van der Waals surface area contributed by atoms with Crippen LogP contribution in [-0.4, -0.2) is 30.7 Å². The van der Waals surface area contributed by atoms with Gasteiger partial charge in [-0.2, -0.15) is 0 Å². The zero-order chi connectivity index (χ0) is 13.8. The van der Waals surface area contributed by atoms with E-state index in [-0.39, 0.29) is 12.0 Å². The van der Waals surface area contributed by atoms with Crippen molar-refractivity contribution < 1.29 is 9.90 Å². The Labute approximate surface area is 114 Å². The second-order valence-corrected chi connectivity index (χ2v) is 5.00. The van der Waals surface area contributed by atoms with Crippen molar-refractivity contribution >= 4 is 11.7 Å². The van der Waals surface area contributed by atoms with Crippen LogP contribution in [0, 0.1) is 5.92 Å². The van der Waals surface area contributed by atoms with E-state index in [2.05, 4.69) is 48.3 Å². The first kappa shape index (κ1) is 13.9. The third kappa shape index (κ3) is 3.07. The molecule has 4 heteroatoms. The van der Waals surface area contributed by atoms with Gasteiger partial charge in [0, 0.05) is 31.4 Å². The Hall–Kier alpha value is -1.55. The van der Waals surface area contributed by atoms with Crippen molar-refractivity contribution in [1.29, 1.82) is 0 Å². The van der Waals surface area contributed by atoms with Crippen LogP contribution in [0.15, 0.2) is 24.3 Å². The maximum Gasteiger partial charge on any atom is 0.307 e. The maximum absolute atomic E-state index is 11.0. The van der Waals surface area contributed by atoms with Crippen LogP contribution in [0.5, 0.6) is 0 Å². The first-order valence-electron chi connectivity index (χ1n) is 6.96. The minimum absolute atomic E-state index is 0.173. The van der Waals surface area contributed by atoms with Crippen molar-refractivity contribution in [3.8, 4) is 0 Å².